The Kier molecular flexibility index (Phi) is 12.1. The van der Waals surface area contributed by atoms with Gasteiger partial charge in [0.05, 0.1) is 28.6 Å². The van der Waals surface area contributed by atoms with Crippen LogP contribution in [0.3, 0.4) is 0 Å². The predicted molar refractivity (Wildman–Crippen MR) is 253 cm³/mol. The summed E-state index contributed by atoms with van der Waals surface area (Å²) in [4.78, 5) is 34.2. The van der Waals surface area contributed by atoms with E-state index in [1.807, 2.05) is 25.7 Å². The molecule has 1 spiro atoms. The largest absolute Gasteiger partial charge is 0.468 e. The molecule has 6 heterocycles. The zero-order valence-corrected chi connectivity index (χ0v) is 41.2. The van der Waals surface area contributed by atoms with Crippen LogP contribution < -0.4 is 14.4 Å². The summed E-state index contributed by atoms with van der Waals surface area (Å²) < 4.78 is 73.1. The number of carbonyl (C=O) groups excluding carboxylic acids is 1. The lowest BCUT2D eigenvalue weighted by Crippen LogP contribution is -2.57. The average Bonchev–Trinajstić information content (AvgIpc) is 3.74. The molecule has 4 atom stereocenters. The number of aromatic nitrogens is 3. The molecule has 354 valence electrons. The Morgan fingerprint density at radius 3 is 2.30 bits per heavy atom. The van der Waals surface area contributed by atoms with Gasteiger partial charge in [-0.05, 0) is 98.5 Å². The highest BCUT2D eigenvalue weighted by Gasteiger charge is 2.62. The Labute approximate surface area is 388 Å². The Balaban J connectivity index is 1.19. The number of hydrogen-bond donors (Lipinski definition) is 0. The van der Waals surface area contributed by atoms with Crippen LogP contribution in [0.5, 0.6) is 11.8 Å². The third-order valence-corrected chi connectivity index (χ3v) is 21.6. The monoisotopic (exact) mass is 926 g/mol. The zero-order valence-electron chi connectivity index (χ0n) is 40.2. The molecule has 0 N–H and O–H groups in total. The molecule has 2 aromatic heterocycles. The van der Waals surface area contributed by atoms with E-state index in [1.54, 1.807) is 24.4 Å². The zero-order chi connectivity index (χ0) is 47.1. The number of amides is 1. The third-order valence-electron chi connectivity index (χ3n) is 15.3. The van der Waals surface area contributed by atoms with E-state index in [4.69, 9.17) is 33.9 Å². The van der Waals surface area contributed by atoms with Crippen molar-refractivity contribution < 1.29 is 36.9 Å². The number of ether oxygens (including phenoxy) is 4. The Morgan fingerprint density at radius 1 is 0.970 bits per heavy atom. The van der Waals surface area contributed by atoms with Gasteiger partial charge in [-0.1, -0.05) is 53.5 Å². The number of piperazine rings is 1. The Morgan fingerprint density at radius 2 is 1.67 bits per heavy atom. The van der Waals surface area contributed by atoms with Gasteiger partial charge in [0.25, 0.3) is 0 Å². The van der Waals surface area contributed by atoms with Crippen molar-refractivity contribution in [2.45, 2.75) is 147 Å². The van der Waals surface area contributed by atoms with E-state index in [2.05, 4.69) is 62.8 Å². The predicted octanol–water partition coefficient (Wildman–Crippen LogP) is 10.6. The van der Waals surface area contributed by atoms with Gasteiger partial charge in [0.1, 0.15) is 55.0 Å². The van der Waals surface area contributed by atoms with Gasteiger partial charge in [0.15, 0.2) is 12.6 Å². The Hall–Kier alpha value is -4.65. The summed E-state index contributed by atoms with van der Waals surface area (Å²) in [6.07, 6.45) is 5.26. The van der Waals surface area contributed by atoms with Crippen LogP contribution in [0.4, 0.5) is 23.8 Å². The van der Waals surface area contributed by atoms with E-state index in [0.29, 0.717) is 70.4 Å². The van der Waals surface area contributed by atoms with E-state index in [0.717, 1.165) is 38.6 Å². The molecule has 5 aliphatic rings. The highest BCUT2D eigenvalue weighted by molar-refractivity contribution is 6.90. The molecule has 1 aliphatic carbocycles. The van der Waals surface area contributed by atoms with Gasteiger partial charge in [-0.15, -0.1) is 5.54 Å². The molecule has 9 rings (SSSR count). The standard InChI is InChI=1S/C51H65F3N6O5Si/c1-30(2)66(31(3)4,32(5)6)18-15-38-41(53)14-11-33-19-37(64-29-62-10)20-39(42(33)38)44-43(54)45-40(22-55-44)46(58-24-35-12-13-36(25-58)60(35)48(61)65-49(7,8)9)57-47(56-45)63-28-51-21-34(52)23-59(51)27-50(26-51)16-17-50/h11,14,19-20,22,30-32,34-36H,12-13,16-17,21,23-29H2,1-10H3/t34-,35?,36?,51+/m1/s1. The lowest BCUT2D eigenvalue weighted by Gasteiger charge is -2.42. The molecule has 2 aromatic carbocycles. The maximum absolute atomic E-state index is 18.0. The van der Waals surface area contributed by atoms with Crippen LogP contribution in [0.2, 0.25) is 16.6 Å². The number of hydrogen-bond acceptors (Lipinski definition) is 10. The first-order valence-electron chi connectivity index (χ1n) is 23.8. The lowest BCUT2D eigenvalue weighted by atomic mass is 9.89. The number of rotatable bonds is 11. The molecule has 5 fully saturated rings. The molecule has 2 bridgehead atoms. The molecule has 4 aromatic rings. The summed E-state index contributed by atoms with van der Waals surface area (Å²) in [5.74, 6) is 2.89. The van der Waals surface area contributed by atoms with Gasteiger partial charge in [-0.25, -0.2) is 18.0 Å². The van der Waals surface area contributed by atoms with Crippen LogP contribution in [-0.4, -0.2) is 115 Å². The van der Waals surface area contributed by atoms with Crippen molar-refractivity contribution in [1.82, 2.24) is 24.8 Å². The molecule has 0 radical (unpaired) electrons. The van der Waals surface area contributed by atoms with Crippen LogP contribution in [0.15, 0.2) is 30.5 Å². The average molecular weight is 927 g/mol. The first-order chi connectivity index (χ1) is 31.3. The molecule has 1 amide bonds. The maximum atomic E-state index is 18.0. The first-order valence-corrected chi connectivity index (χ1v) is 26.1. The van der Waals surface area contributed by atoms with E-state index in [-0.39, 0.29) is 65.3 Å². The number of fused-ring (bicyclic) bond motifs is 5. The molecular weight excluding hydrogens is 862 g/mol. The number of benzene rings is 2. The summed E-state index contributed by atoms with van der Waals surface area (Å²) in [6, 6.07) is 6.13. The molecule has 1 saturated carbocycles. The van der Waals surface area contributed by atoms with Crippen molar-refractivity contribution in [2.24, 2.45) is 5.41 Å². The minimum absolute atomic E-state index is 0.0256. The summed E-state index contributed by atoms with van der Waals surface area (Å²) in [6.45, 7) is 21.0. The number of halogens is 3. The van der Waals surface area contributed by atoms with Crippen molar-refractivity contribution in [3.8, 4) is 34.5 Å². The first kappa shape index (κ1) is 46.5. The fourth-order valence-corrected chi connectivity index (χ4v) is 17.5. The van der Waals surface area contributed by atoms with Crippen molar-refractivity contribution in [3.63, 3.8) is 0 Å². The lowest BCUT2D eigenvalue weighted by molar-refractivity contribution is 0.0122. The molecule has 66 heavy (non-hydrogen) atoms. The normalized spacial score (nSPS) is 23.7. The van der Waals surface area contributed by atoms with Crippen LogP contribution in [0.25, 0.3) is 32.9 Å². The summed E-state index contributed by atoms with van der Waals surface area (Å²) in [7, 11) is -0.817. The molecule has 4 saturated heterocycles. The van der Waals surface area contributed by atoms with E-state index in [1.165, 1.54) is 13.2 Å². The van der Waals surface area contributed by atoms with Crippen LogP contribution >= 0.6 is 0 Å². The second-order valence-corrected chi connectivity index (χ2v) is 27.3. The van der Waals surface area contributed by atoms with E-state index >= 15 is 13.2 Å². The fraction of sp³-hybridized carbons (Fsp3) is 0.608. The van der Waals surface area contributed by atoms with Gasteiger partial charge >= 0.3 is 12.1 Å². The fourth-order valence-electron chi connectivity index (χ4n) is 12.3. The molecule has 4 aliphatic heterocycles. The second kappa shape index (κ2) is 17.1. The van der Waals surface area contributed by atoms with Crippen molar-refractivity contribution >= 4 is 41.7 Å². The minimum atomic E-state index is -2.33. The van der Waals surface area contributed by atoms with Crippen LogP contribution in [0, 0.1) is 28.5 Å². The number of alkyl halides is 1. The highest BCUT2D eigenvalue weighted by atomic mass is 28.3. The summed E-state index contributed by atoms with van der Waals surface area (Å²) >= 11 is 0. The van der Waals surface area contributed by atoms with Crippen molar-refractivity contribution in [2.75, 3.05) is 51.6 Å². The smallest absolute Gasteiger partial charge is 0.410 e. The summed E-state index contributed by atoms with van der Waals surface area (Å²) in [5.41, 5.74) is 4.00. The Bertz CT molecular complexity index is 2570. The van der Waals surface area contributed by atoms with Gasteiger partial charge < -0.3 is 23.8 Å². The quantitative estimate of drug-likeness (QED) is 0.0821. The van der Waals surface area contributed by atoms with Crippen molar-refractivity contribution in [1.29, 1.82) is 0 Å². The van der Waals surface area contributed by atoms with E-state index in [9.17, 15) is 4.79 Å². The number of nitrogens with zero attached hydrogens (tertiary/aromatic N) is 6. The van der Waals surface area contributed by atoms with Gasteiger partial charge in [0.2, 0.25) is 0 Å². The van der Waals surface area contributed by atoms with Crippen molar-refractivity contribution in [3.05, 3.63) is 47.7 Å². The highest BCUT2D eigenvalue weighted by Crippen LogP contribution is 2.61. The molecule has 15 heteroatoms. The second-order valence-electron chi connectivity index (χ2n) is 21.8. The third kappa shape index (κ3) is 8.27. The van der Waals surface area contributed by atoms with Gasteiger partial charge in [-0.3, -0.25) is 14.8 Å². The van der Waals surface area contributed by atoms with Gasteiger partial charge in [-0.2, -0.15) is 9.97 Å². The number of carbonyl (C=O) groups is 1. The molecule has 11 nitrogen and oxygen atoms in total. The summed E-state index contributed by atoms with van der Waals surface area (Å²) in [5, 5.41) is 1.37. The van der Waals surface area contributed by atoms with Crippen LogP contribution in [-0.2, 0) is 9.47 Å². The maximum Gasteiger partial charge on any atom is 0.410 e. The minimum Gasteiger partial charge on any atom is -0.468 e. The number of methoxy groups -OCH3 is 1. The molecular formula is C51H65F3N6O5Si. The number of anilines is 1. The SMILES string of the molecule is COCOc1cc(-c2ncc3c(N4CC5CCC(C4)N5C(=O)OC(C)(C)C)nc(OC[C@@]45C[C@@H](F)CN4CC4(CC4)C5)nc3c2F)c2c(C#C[Si](C(C)C)(C(C)C)C(C)C)c(F)ccc2c1. The van der Waals surface area contributed by atoms with Crippen LogP contribution in [0.1, 0.15) is 106 Å². The molecule has 2 unspecified atom stereocenters. The number of pyridine rings is 1. The van der Waals surface area contributed by atoms with Gasteiger partial charge in [0, 0.05) is 56.9 Å². The van der Waals surface area contributed by atoms with E-state index < -0.39 is 37.0 Å². The topological polar surface area (TPSA) is 102 Å².